The Morgan fingerprint density at radius 1 is 1.25 bits per heavy atom. The van der Waals surface area contributed by atoms with Crippen molar-refractivity contribution in [3.63, 3.8) is 0 Å². The van der Waals surface area contributed by atoms with E-state index in [4.69, 9.17) is 9.15 Å². The third-order valence-corrected chi connectivity index (χ3v) is 3.45. The molecule has 0 bridgehead atoms. The lowest BCUT2D eigenvalue weighted by Gasteiger charge is -2.26. The molecule has 1 N–H and O–H groups in total. The topological polar surface area (TPSA) is 89.2 Å². The van der Waals surface area contributed by atoms with Crippen LogP contribution in [0.25, 0.3) is 0 Å². The molecule has 3 rings (SSSR count). The third-order valence-electron chi connectivity index (χ3n) is 2.71. The van der Waals surface area contributed by atoms with Crippen LogP contribution in [0.15, 0.2) is 27.3 Å². The first-order chi connectivity index (χ1) is 9.85. The second-order valence-electron chi connectivity index (χ2n) is 3.99. The molecule has 1 aliphatic heterocycles. The second-order valence-corrected chi connectivity index (χ2v) is 4.91. The first-order valence-electron chi connectivity index (χ1n) is 6.19. The monoisotopic (exact) mass is 294 g/mol. The smallest absolute Gasteiger partial charge is 0.263 e. The number of aromatic nitrogens is 4. The maximum absolute atomic E-state index is 5.33. The van der Waals surface area contributed by atoms with Gasteiger partial charge in [0.15, 0.2) is 0 Å². The van der Waals surface area contributed by atoms with Crippen molar-refractivity contribution in [2.24, 2.45) is 0 Å². The van der Waals surface area contributed by atoms with Crippen LogP contribution in [-0.4, -0.2) is 53.3 Å². The fourth-order valence-electron chi connectivity index (χ4n) is 1.75. The lowest BCUT2D eigenvalue weighted by atomic mass is 10.4. The van der Waals surface area contributed by atoms with Gasteiger partial charge < -0.3 is 19.4 Å². The Kier molecular flexibility index (Phi) is 3.97. The molecule has 0 unspecified atom stereocenters. The molecule has 0 saturated carbocycles. The van der Waals surface area contributed by atoms with Crippen LogP contribution in [0.2, 0.25) is 0 Å². The lowest BCUT2D eigenvalue weighted by molar-refractivity contribution is 0.122. The molecule has 2 aromatic rings. The molecule has 3 heterocycles. The van der Waals surface area contributed by atoms with Gasteiger partial charge in [0, 0.05) is 31.9 Å². The molecule has 20 heavy (non-hydrogen) atoms. The van der Waals surface area contributed by atoms with Crippen molar-refractivity contribution in [1.82, 2.24) is 19.9 Å². The lowest BCUT2D eigenvalue weighted by Crippen LogP contribution is -2.37. The highest BCUT2D eigenvalue weighted by atomic mass is 32.2. The minimum atomic E-state index is 0.506. The quantitative estimate of drug-likeness (QED) is 0.882. The van der Waals surface area contributed by atoms with Crippen LogP contribution >= 0.6 is 11.8 Å². The molecule has 106 valence electrons. The summed E-state index contributed by atoms with van der Waals surface area (Å²) in [5, 5.41) is 4.00. The van der Waals surface area contributed by atoms with Gasteiger partial charge in [-0.2, -0.15) is 15.0 Å². The molecular weight excluding hydrogens is 280 g/mol. The summed E-state index contributed by atoms with van der Waals surface area (Å²) in [7, 11) is 1.78. The normalized spacial score (nSPS) is 15.3. The summed E-state index contributed by atoms with van der Waals surface area (Å²) in [5.74, 6) is 1.16. The number of hydrogen-bond donors (Lipinski definition) is 1. The molecule has 1 aliphatic rings. The van der Waals surface area contributed by atoms with Gasteiger partial charge in [-0.1, -0.05) is 0 Å². The number of hydrogen-bond acceptors (Lipinski definition) is 9. The van der Waals surface area contributed by atoms with E-state index in [0.29, 0.717) is 35.5 Å². The molecule has 9 heteroatoms. The van der Waals surface area contributed by atoms with Crippen LogP contribution < -0.4 is 10.2 Å². The number of anilines is 2. The number of nitrogens with zero attached hydrogens (tertiary/aromatic N) is 5. The van der Waals surface area contributed by atoms with Crippen LogP contribution in [-0.2, 0) is 4.74 Å². The second kappa shape index (κ2) is 6.06. The number of morpholine rings is 1. The van der Waals surface area contributed by atoms with Crippen LogP contribution in [0.4, 0.5) is 11.9 Å². The first kappa shape index (κ1) is 13.1. The zero-order valence-electron chi connectivity index (χ0n) is 10.9. The molecule has 0 atom stereocenters. The predicted molar refractivity (Wildman–Crippen MR) is 73.0 cm³/mol. The van der Waals surface area contributed by atoms with Crippen LogP contribution in [0.5, 0.6) is 0 Å². The molecule has 2 aromatic heterocycles. The van der Waals surface area contributed by atoms with E-state index in [1.54, 1.807) is 13.2 Å². The van der Waals surface area contributed by atoms with Crippen LogP contribution in [0.1, 0.15) is 0 Å². The standard InChI is InChI=1S/C11H14N6O2S/c1-12-8-14-9(17-3-6-18-7-4-17)16-10(15-8)20-11-13-2-5-19-11/h2,5H,3-4,6-7H2,1H3,(H,12,14,15,16). The summed E-state index contributed by atoms with van der Waals surface area (Å²) in [6.45, 7) is 2.91. The van der Waals surface area contributed by atoms with E-state index in [9.17, 15) is 0 Å². The Bertz CT molecular complexity index is 558. The van der Waals surface area contributed by atoms with E-state index in [2.05, 4.69) is 30.2 Å². The maximum atomic E-state index is 5.33. The van der Waals surface area contributed by atoms with E-state index in [-0.39, 0.29) is 0 Å². The van der Waals surface area contributed by atoms with Crippen molar-refractivity contribution in [2.45, 2.75) is 10.4 Å². The van der Waals surface area contributed by atoms with Gasteiger partial charge in [0.25, 0.3) is 5.22 Å². The summed E-state index contributed by atoms with van der Waals surface area (Å²) in [6.07, 6.45) is 3.11. The molecule has 8 nitrogen and oxygen atoms in total. The summed E-state index contributed by atoms with van der Waals surface area (Å²) < 4.78 is 10.5. The molecule has 1 saturated heterocycles. The minimum Gasteiger partial charge on any atom is -0.440 e. The van der Waals surface area contributed by atoms with E-state index in [1.807, 2.05) is 0 Å². The van der Waals surface area contributed by atoms with Crippen molar-refractivity contribution < 1.29 is 9.15 Å². The fraction of sp³-hybridized carbons (Fsp3) is 0.455. The predicted octanol–water partition coefficient (Wildman–Crippen LogP) is 0.889. The Morgan fingerprint density at radius 2 is 2.10 bits per heavy atom. The molecule has 0 aromatic carbocycles. The maximum Gasteiger partial charge on any atom is 0.263 e. The fourth-order valence-corrected chi connectivity index (χ4v) is 2.38. The number of ether oxygens (including phenoxy) is 1. The molecule has 0 spiro atoms. The SMILES string of the molecule is CNc1nc(Sc2ncco2)nc(N2CCOCC2)n1. The van der Waals surface area contributed by atoms with E-state index < -0.39 is 0 Å². The summed E-state index contributed by atoms with van der Waals surface area (Å²) in [6, 6.07) is 0. The Labute approximate surface area is 120 Å². The van der Waals surface area contributed by atoms with Crippen molar-refractivity contribution in [1.29, 1.82) is 0 Å². The largest absolute Gasteiger partial charge is 0.440 e. The zero-order valence-corrected chi connectivity index (χ0v) is 11.8. The number of nitrogens with one attached hydrogen (secondary N) is 1. The summed E-state index contributed by atoms with van der Waals surface area (Å²) in [5.41, 5.74) is 0. The average molecular weight is 294 g/mol. The van der Waals surface area contributed by atoms with Crippen LogP contribution in [0.3, 0.4) is 0 Å². The molecule has 0 aliphatic carbocycles. The van der Waals surface area contributed by atoms with E-state index in [0.717, 1.165) is 13.1 Å². The zero-order chi connectivity index (χ0) is 13.8. The van der Waals surface area contributed by atoms with E-state index in [1.165, 1.54) is 18.0 Å². The molecule has 0 radical (unpaired) electrons. The summed E-state index contributed by atoms with van der Waals surface area (Å²) in [4.78, 5) is 19.2. The van der Waals surface area contributed by atoms with Gasteiger partial charge in [-0.25, -0.2) is 4.98 Å². The molecule has 1 fully saturated rings. The van der Waals surface area contributed by atoms with Gasteiger partial charge in [0.05, 0.1) is 19.4 Å². The number of oxazole rings is 1. The van der Waals surface area contributed by atoms with Gasteiger partial charge in [-0.15, -0.1) is 0 Å². The van der Waals surface area contributed by atoms with Crippen molar-refractivity contribution in [3.8, 4) is 0 Å². The highest BCUT2D eigenvalue weighted by Gasteiger charge is 2.17. The van der Waals surface area contributed by atoms with Crippen molar-refractivity contribution in [3.05, 3.63) is 12.5 Å². The van der Waals surface area contributed by atoms with Crippen molar-refractivity contribution in [2.75, 3.05) is 43.6 Å². The Hall–Kier alpha value is -1.87. The number of rotatable bonds is 4. The first-order valence-corrected chi connectivity index (χ1v) is 7.00. The molecular formula is C11H14N6O2S. The van der Waals surface area contributed by atoms with Crippen LogP contribution in [0, 0.1) is 0 Å². The highest BCUT2D eigenvalue weighted by Crippen LogP contribution is 2.25. The highest BCUT2D eigenvalue weighted by molar-refractivity contribution is 7.98. The van der Waals surface area contributed by atoms with Gasteiger partial charge in [0.2, 0.25) is 17.1 Å². The van der Waals surface area contributed by atoms with Gasteiger partial charge in [-0.05, 0) is 0 Å². The third kappa shape index (κ3) is 2.99. The van der Waals surface area contributed by atoms with Gasteiger partial charge >= 0.3 is 0 Å². The molecule has 0 amide bonds. The minimum absolute atomic E-state index is 0.506. The average Bonchev–Trinajstić information content (AvgIpc) is 3.00. The summed E-state index contributed by atoms with van der Waals surface area (Å²) >= 11 is 1.26. The van der Waals surface area contributed by atoms with Crippen molar-refractivity contribution >= 4 is 23.7 Å². The van der Waals surface area contributed by atoms with E-state index >= 15 is 0 Å². The van der Waals surface area contributed by atoms with Gasteiger partial charge in [-0.3, -0.25) is 0 Å². The Balaban J connectivity index is 1.85. The van der Waals surface area contributed by atoms with Gasteiger partial charge in [0.1, 0.15) is 6.26 Å². The Morgan fingerprint density at radius 3 is 2.80 bits per heavy atom.